The molecule has 3 atom stereocenters. The minimum Gasteiger partial charge on any atom is -0.381 e. The van der Waals surface area contributed by atoms with Crippen LogP contribution in [0.2, 0.25) is 0 Å². The smallest absolute Gasteiger partial charge is 0.0509 e. The molecule has 1 N–H and O–H groups in total. The van der Waals surface area contributed by atoms with Crippen LogP contribution in [0.5, 0.6) is 0 Å². The molecule has 0 radical (unpaired) electrons. The van der Waals surface area contributed by atoms with Crippen molar-refractivity contribution in [3.8, 4) is 0 Å². The molecule has 3 unspecified atom stereocenters. The molecule has 0 aromatic heterocycles. The van der Waals surface area contributed by atoms with Crippen LogP contribution in [0.1, 0.15) is 32.6 Å². The van der Waals surface area contributed by atoms with Crippen LogP contribution in [0.15, 0.2) is 12.2 Å². The van der Waals surface area contributed by atoms with Crippen molar-refractivity contribution in [2.45, 2.75) is 44.7 Å². The maximum Gasteiger partial charge on any atom is 0.0509 e. The summed E-state index contributed by atoms with van der Waals surface area (Å²) in [5.74, 6) is 0.727. The molecule has 0 aromatic carbocycles. The third-order valence-electron chi connectivity index (χ3n) is 3.40. The van der Waals surface area contributed by atoms with E-state index in [9.17, 15) is 0 Å². The van der Waals surface area contributed by atoms with Gasteiger partial charge in [-0.05, 0) is 38.5 Å². The molecule has 0 saturated carbocycles. The monoisotopic (exact) mass is 195 g/mol. The lowest BCUT2D eigenvalue weighted by Gasteiger charge is -2.26. The lowest BCUT2D eigenvalue weighted by atomic mass is 9.97. The Bertz CT molecular complexity index is 196. The first-order valence-electron chi connectivity index (χ1n) is 5.87. The van der Waals surface area contributed by atoms with Gasteiger partial charge in [-0.15, -0.1) is 0 Å². The van der Waals surface area contributed by atoms with Crippen molar-refractivity contribution in [3.63, 3.8) is 0 Å². The molecule has 1 aliphatic heterocycles. The summed E-state index contributed by atoms with van der Waals surface area (Å²) in [4.78, 5) is 0. The molecule has 1 heterocycles. The van der Waals surface area contributed by atoms with Crippen LogP contribution in [0, 0.1) is 5.92 Å². The number of nitrogens with one attached hydrogen (secondary N) is 1. The maximum absolute atomic E-state index is 5.41. The Kier molecular flexibility index (Phi) is 3.60. The van der Waals surface area contributed by atoms with E-state index in [0.29, 0.717) is 12.1 Å². The van der Waals surface area contributed by atoms with Crippen molar-refractivity contribution in [1.82, 2.24) is 5.32 Å². The third kappa shape index (κ3) is 2.58. The van der Waals surface area contributed by atoms with Crippen LogP contribution >= 0.6 is 0 Å². The molecular weight excluding hydrogens is 174 g/mol. The molecule has 0 bridgehead atoms. The van der Waals surface area contributed by atoms with Gasteiger partial charge < -0.3 is 10.1 Å². The molecule has 2 aliphatic rings. The van der Waals surface area contributed by atoms with Gasteiger partial charge in [0, 0.05) is 18.7 Å². The van der Waals surface area contributed by atoms with Crippen molar-refractivity contribution in [1.29, 1.82) is 0 Å². The average Bonchev–Trinajstić information content (AvgIpc) is 2.72. The van der Waals surface area contributed by atoms with E-state index in [1.165, 1.54) is 25.7 Å². The predicted molar refractivity (Wildman–Crippen MR) is 58.3 cm³/mol. The lowest BCUT2D eigenvalue weighted by molar-refractivity contribution is 0.177. The minimum atomic E-state index is 0.602. The van der Waals surface area contributed by atoms with E-state index in [1.807, 2.05) is 0 Å². The molecule has 2 heteroatoms. The second-order valence-electron chi connectivity index (χ2n) is 4.54. The van der Waals surface area contributed by atoms with Crippen LogP contribution in [0.25, 0.3) is 0 Å². The Labute approximate surface area is 86.7 Å². The first kappa shape index (κ1) is 10.2. The maximum atomic E-state index is 5.41. The Hall–Kier alpha value is -0.340. The Morgan fingerprint density at radius 1 is 1.43 bits per heavy atom. The Morgan fingerprint density at radius 3 is 3.00 bits per heavy atom. The summed E-state index contributed by atoms with van der Waals surface area (Å²) >= 11 is 0. The van der Waals surface area contributed by atoms with E-state index < -0.39 is 0 Å². The summed E-state index contributed by atoms with van der Waals surface area (Å²) in [5, 5.41) is 3.69. The molecule has 14 heavy (non-hydrogen) atoms. The molecule has 0 spiro atoms. The van der Waals surface area contributed by atoms with Gasteiger partial charge in [-0.25, -0.2) is 0 Å². The van der Waals surface area contributed by atoms with Gasteiger partial charge in [-0.2, -0.15) is 0 Å². The molecule has 2 nitrogen and oxygen atoms in total. The first-order valence-corrected chi connectivity index (χ1v) is 5.87. The molecule has 1 saturated heterocycles. The highest BCUT2D eigenvalue weighted by atomic mass is 16.5. The summed E-state index contributed by atoms with van der Waals surface area (Å²) in [6.45, 7) is 4.20. The fraction of sp³-hybridized carbons (Fsp3) is 0.833. The zero-order valence-electron chi connectivity index (χ0n) is 9.04. The summed E-state index contributed by atoms with van der Waals surface area (Å²) in [5.41, 5.74) is 0. The SMILES string of the molecule is CC(NC1C=CCCC1)C1CCOC1. The fourth-order valence-corrected chi connectivity index (χ4v) is 2.37. The number of allylic oxidation sites excluding steroid dienone is 1. The molecule has 1 fully saturated rings. The van der Waals surface area contributed by atoms with Gasteiger partial charge in [0.1, 0.15) is 0 Å². The summed E-state index contributed by atoms with van der Waals surface area (Å²) in [6, 6.07) is 1.21. The molecular formula is C12H21NO. The Balaban J connectivity index is 1.77. The summed E-state index contributed by atoms with van der Waals surface area (Å²) in [6.07, 6.45) is 9.76. The van der Waals surface area contributed by atoms with Crippen molar-refractivity contribution in [3.05, 3.63) is 12.2 Å². The largest absolute Gasteiger partial charge is 0.381 e. The molecule has 80 valence electrons. The van der Waals surface area contributed by atoms with E-state index >= 15 is 0 Å². The van der Waals surface area contributed by atoms with Crippen molar-refractivity contribution in [2.75, 3.05) is 13.2 Å². The predicted octanol–water partition coefficient (Wildman–Crippen LogP) is 2.11. The van der Waals surface area contributed by atoms with E-state index in [1.54, 1.807) is 0 Å². The van der Waals surface area contributed by atoms with Gasteiger partial charge in [0.25, 0.3) is 0 Å². The minimum absolute atomic E-state index is 0.602. The molecule has 0 amide bonds. The standard InChI is InChI=1S/C12H21NO/c1-10(11-7-8-14-9-11)13-12-5-3-2-4-6-12/h3,5,10-13H,2,4,6-9H2,1H3. The van der Waals surface area contributed by atoms with E-state index in [-0.39, 0.29) is 0 Å². The van der Waals surface area contributed by atoms with Crippen LogP contribution in [0.4, 0.5) is 0 Å². The highest BCUT2D eigenvalue weighted by Crippen LogP contribution is 2.18. The highest BCUT2D eigenvalue weighted by molar-refractivity contribution is 4.98. The van der Waals surface area contributed by atoms with Gasteiger partial charge in [0.2, 0.25) is 0 Å². The van der Waals surface area contributed by atoms with Crippen molar-refractivity contribution >= 4 is 0 Å². The number of hydrogen-bond donors (Lipinski definition) is 1. The zero-order chi connectivity index (χ0) is 9.80. The molecule has 1 aliphatic carbocycles. The van der Waals surface area contributed by atoms with Crippen molar-refractivity contribution in [2.24, 2.45) is 5.92 Å². The first-order chi connectivity index (χ1) is 6.86. The zero-order valence-corrected chi connectivity index (χ0v) is 9.04. The van der Waals surface area contributed by atoms with E-state index in [2.05, 4.69) is 24.4 Å². The summed E-state index contributed by atoms with van der Waals surface area (Å²) < 4.78 is 5.41. The fourth-order valence-electron chi connectivity index (χ4n) is 2.37. The highest BCUT2D eigenvalue weighted by Gasteiger charge is 2.23. The quantitative estimate of drug-likeness (QED) is 0.696. The van der Waals surface area contributed by atoms with Gasteiger partial charge in [-0.1, -0.05) is 12.2 Å². The van der Waals surface area contributed by atoms with Gasteiger partial charge in [0.15, 0.2) is 0 Å². The molecule has 0 aromatic rings. The van der Waals surface area contributed by atoms with Crippen LogP contribution < -0.4 is 5.32 Å². The summed E-state index contributed by atoms with van der Waals surface area (Å²) in [7, 11) is 0. The molecule has 2 rings (SSSR count). The van der Waals surface area contributed by atoms with Gasteiger partial charge in [0.05, 0.1) is 6.61 Å². The third-order valence-corrected chi connectivity index (χ3v) is 3.40. The number of rotatable bonds is 3. The normalized spacial score (nSPS) is 34.6. The van der Waals surface area contributed by atoms with Crippen LogP contribution in [-0.2, 0) is 4.74 Å². The second kappa shape index (κ2) is 4.94. The second-order valence-corrected chi connectivity index (χ2v) is 4.54. The number of ether oxygens (including phenoxy) is 1. The van der Waals surface area contributed by atoms with Crippen LogP contribution in [0.3, 0.4) is 0 Å². The topological polar surface area (TPSA) is 21.3 Å². The van der Waals surface area contributed by atoms with Gasteiger partial charge >= 0.3 is 0 Å². The van der Waals surface area contributed by atoms with E-state index in [0.717, 1.165) is 19.1 Å². The Morgan fingerprint density at radius 2 is 2.36 bits per heavy atom. The van der Waals surface area contributed by atoms with E-state index in [4.69, 9.17) is 4.74 Å². The lowest BCUT2D eigenvalue weighted by Crippen LogP contribution is -2.40. The van der Waals surface area contributed by atoms with Gasteiger partial charge in [-0.3, -0.25) is 0 Å². The van der Waals surface area contributed by atoms with Crippen LogP contribution in [-0.4, -0.2) is 25.3 Å². The van der Waals surface area contributed by atoms with Crippen molar-refractivity contribution < 1.29 is 4.74 Å². The number of hydrogen-bond acceptors (Lipinski definition) is 2. The average molecular weight is 195 g/mol.